The van der Waals surface area contributed by atoms with Crippen LogP contribution in [-0.4, -0.2) is 35.3 Å². The number of amides is 2. The Morgan fingerprint density at radius 2 is 1.57 bits per heavy atom. The third-order valence-electron chi connectivity index (χ3n) is 5.70. The first-order valence-electron chi connectivity index (χ1n) is 12.1. The Morgan fingerprint density at radius 1 is 0.892 bits per heavy atom. The molecule has 0 aliphatic carbocycles. The summed E-state index contributed by atoms with van der Waals surface area (Å²) in [5.41, 5.74) is 9.19. The van der Waals surface area contributed by atoms with Gasteiger partial charge in [0.1, 0.15) is 11.6 Å². The number of aryl methyl sites for hydroxylation is 1. The van der Waals surface area contributed by atoms with E-state index in [1.807, 2.05) is 42.5 Å². The molecule has 3 aromatic carbocycles. The first kappa shape index (κ1) is 27.8. The molecule has 7 N–H and O–H groups in total. The van der Waals surface area contributed by atoms with Crippen LogP contribution >= 0.6 is 11.9 Å². The molecule has 3 rings (SSSR count). The number of carbonyl (C=O) groups is 2. The van der Waals surface area contributed by atoms with Crippen LogP contribution in [0.1, 0.15) is 35.1 Å². The molecule has 0 bridgehead atoms. The van der Waals surface area contributed by atoms with E-state index in [0.29, 0.717) is 24.3 Å². The topological polar surface area (TPSA) is 140 Å². The van der Waals surface area contributed by atoms with E-state index in [4.69, 9.17) is 11.1 Å². The summed E-state index contributed by atoms with van der Waals surface area (Å²) in [6.45, 7) is 0.192. The number of nitrogens with two attached hydrogens (primary N) is 1. The monoisotopic (exact) mass is 519 g/mol. The highest BCUT2D eigenvalue weighted by molar-refractivity contribution is 7.96. The number of carbonyl (C=O) groups excluding carboxylic acids is 2. The Kier molecular flexibility index (Phi) is 11.0. The van der Waals surface area contributed by atoms with E-state index in [1.54, 1.807) is 36.4 Å². The quantitative estimate of drug-likeness (QED) is 0.110. The molecule has 1 unspecified atom stereocenters. The largest absolute Gasteiger partial charge is 0.508 e. The molecule has 0 saturated carbocycles. The minimum absolute atomic E-state index is 0.00791. The lowest BCUT2D eigenvalue weighted by Crippen LogP contribution is -2.45. The molecule has 0 saturated heterocycles. The molecular formula is C28H33N5O3S. The first-order chi connectivity index (χ1) is 17.9. The van der Waals surface area contributed by atoms with Gasteiger partial charge in [0.25, 0.3) is 0 Å². The number of rotatable bonds is 14. The van der Waals surface area contributed by atoms with Gasteiger partial charge in [-0.1, -0.05) is 78.7 Å². The van der Waals surface area contributed by atoms with E-state index in [9.17, 15) is 14.7 Å². The predicted molar refractivity (Wildman–Crippen MR) is 148 cm³/mol. The summed E-state index contributed by atoms with van der Waals surface area (Å²) in [5.74, 6) is 0.416. The van der Waals surface area contributed by atoms with E-state index >= 15 is 0 Å². The molecule has 37 heavy (non-hydrogen) atoms. The zero-order valence-corrected chi connectivity index (χ0v) is 21.4. The van der Waals surface area contributed by atoms with Crippen molar-refractivity contribution in [1.29, 1.82) is 5.41 Å². The maximum atomic E-state index is 12.9. The highest BCUT2D eigenvalue weighted by Crippen LogP contribution is 2.15. The van der Waals surface area contributed by atoms with E-state index < -0.39 is 6.04 Å². The second-order valence-corrected chi connectivity index (χ2v) is 9.42. The second-order valence-electron chi connectivity index (χ2n) is 8.61. The smallest absolute Gasteiger partial charge is 0.239 e. The van der Waals surface area contributed by atoms with E-state index in [-0.39, 0.29) is 29.9 Å². The molecule has 2 amide bonds. The van der Waals surface area contributed by atoms with Crippen LogP contribution in [-0.2, 0) is 28.3 Å². The molecule has 0 aromatic heterocycles. The van der Waals surface area contributed by atoms with Gasteiger partial charge >= 0.3 is 0 Å². The molecule has 3 aromatic rings. The molecule has 0 aliphatic heterocycles. The molecule has 8 nitrogen and oxygen atoms in total. The van der Waals surface area contributed by atoms with Crippen LogP contribution < -0.4 is 21.1 Å². The van der Waals surface area contributed by atoms with E-state index in [1.165, 1.54) is 11.9 Å². The number of amidine groups is 1. The normalized spacial score (nSPS) is 11.5. The lowest BCUT2D eigenvalue weighted by atomic mass is 10.0. The number of aromatic hydroxyl groups is 1. The summed E-state index contributed by atoms with van der Waals surface area (Å²) < 4.78 is 3.26. The first-order valence-corrected chi connectivity index (χ1v) is 13.1. The van der Waals surface area contributed by atoms with Gasteiger partial charge in [0, 0.05) is 17.9 Å². The number of nitrogen functional groups attached to an aromatic ring is 1. The zero-order chi connectivity index (χ0) is 26.5. The van der Waals surface area contributed by atoms with Crippen molar-refractivity contribution in [2.45, 2.75) is 37.6 Å². The summed E-state index contributed by atoms with van der Waals surface area (Å²) in [5, 5.41) is 22.4. The van der Waals surface area contributed by atoms with Gasteiger partial charge in [-0.3, -0.25) is 19.7 Å². The van der Waals surface area contributed by atoms with Crippen molar-refractivity contribution in [3.8, 4) is 5.75 Å². The van der Waals surface area contributed by atoms with Crippen molar-refractivity contribution < 1.29 is 14.7 Å². The van der Waals surface area contributed by atoms with Gasteiger partial charge in [0.2, 0.25) is 11.8 Å². The Balaban J connectivity index is 1.47. The minimum atomic E-state index is -0.460. The average Bonchev–Trinajstić information content (AvgIpc) is 2.91. The van der Waals surface area contributed by atoms with Gasteiger partial charge in [-0.2, -0.15) is 0 Å². The summed E-state index contributed by atoms with van der Waals surface area (Å²) in [6, 6.07) is 23.7. The van der Waals surface area contributed by atoms with Crippen molar-refractivity contribution in [3.05, 3.63) is 101 Å². The van der Waals surface area contributed by atoms with Crippen LogP contribution in [0.4, 0.5) is 0 Å². The van der Waals surface area contributed by atoms with Crippen LogP contribution in [0.5, 0.6) is 5.75 Å². The summed E-state index contributed by atoms with van der Waals surface area (Å²) in [4.78, 5) is 25.2. The van der Waals surface area contributed by atoms with Crippen LogP contribution in [0.3, 0.4) is 0 Å². The second kappa shape index (κ2) is 14.7. The van der Waals surface area contributed by atoms with E-state index in [2.05, 4.69) is 15.4 Å². The number of hydrogen-bond acceptors (Lipinski definition) is 6. The number of nitrogens with one attached hydrogen (secondary N) is 4. The van der Waals surface area contributed by atoms with Gasteiger partial charge in [-0.05, 0) is 48.1 Å². The van der Waals surface area contributed by atoms with Crippen molar-refractivity contribution in [3.63, 3.8) is 0 Å². The number of phenolic OH excluding ortho intramolecular Hbond substituents is 1. The maximum absolute atomic E-state index is 12.9. The Morgan fingerprint density at radius 3 is 2.24 bits per heavy atom. The predicted octanol–water partition coefficient (Wildman–Crippen LogP) is 3.24. The van der Waals surface area contributed by atoms with Gasteiger partial charge < -0.3 is 21.5 Å². The van der Waals surface area contributed by atoms with Crippen LogP contribution in [0, 0.1) is 5.41 Å². The van der Waals surface area contributed by atoms with Gasteiger partial charge in [0.15, 0.2) is 0 Å². The minimum Gasteiger partial charge on any atom is -0.508 e. The molecule has 194 valence electrons. The third kappa shape index (κ3) is 9.98. The fourth-order valence-corrected chi connectivity index (χ4v) is 4.44. The van der Waals surface area contributed by atoms with Crippen molar-refractivity contribution in [2.24, 2.45) is 5.73 Å². The molecule has 0 fully saturated rings. The molecule has 0 aliphatic rings. The zero-order valence-electron chi connectivity index (χ0n) is 20.6. The lowest BCUT2D eigenvalue weighted by Gasteiger charge is -2.18. The Hall–Kier alpha value is -3.82. The van der Waals surface area contributed by atoms with Crippen LogP contribution in [0.15, 0.2) is 78.9 Å². The standard InChI is InChI=1S/C28H33N5O3S/c29-27(30)23-13-9-21(10-14-23)17-31-26(35)18-32-28(36)25(33-37-19-22-5-2-1-3-6-22)8-4-7-20-11-15-24(34)16-12-20/h1-3,5-6,9-16,25,33-34H,4,7-8,17-19H2,(H3,29,30)(H,31,35)(H,32,36). The van der Waals surface area contributed by atoms with Crippen LogP contribution in [0.25, 0.3) is 0 Å². The Bertz CT molecular complexity index is 1150. The summed E-state index contributed by atoms with van der Waals surface area (Å²) in [7, 11) is 0. The molecule has 1 atom stereocenters. The molecular weight excluding hydrogens is 486 g/mol. The lowest BCUT2D eigenvalue weighted by molar-refractivity contribution is -0.127. The third-order valence-corrected chi connectivity index (χ3v) is 6.62. The average molecular weight is 520 g/mol. The highest BCUT2D eigenvalue weighted by Gasteiger charge is 2.19. The molecule has 0 radical (unpaired) electrons. The Labute approximate surface area is 221 Å². The van der Waals surface area contributed by atoms with E-state index in [0.717, 1.165) is 29.5 Å². The van der Waals surface area contributed by atoms with Gasteiger partial charge in [0.05, 0.1) is 12.6 Å². The SMILES string of the molecule is N=C(N)c1ccc(CNC(=O)CNC(=O)C(CCCc2ccc(O)cc2)NSCc2ccccc2)cc1. The van der Waals surface area contributed by atoms with Crippen molar-refractivity contribution in [2.75, 3.05) is 6.54 Å². The van der Waals surface area contributed by atoms with Crippen molar-refractivity contribution in [1.82, 2.24) is 15.4 Å². The van der Waals surface area contributed by atoms with Gasteiger partial charge in [-0.25, -0.2) is 0 Å². The van der Waals surface area contributed by atoms with Crippen LogP contribution in [0.2, 0.25) is 0 Å². The fourth-order valence-electron chi connectivity index (χ4n) is 3.57. The van der Waals surface area contributed by atoms with Gasteiger partial charge in [-0.15, -0.1) is 0 Å². The fraction of sp³-hybridized carbons (Fsp3) is 0.250. The summed E-state index contributed by atoms with van der Waals surface area (Å²) in [6.07, 6.45) is 2.14. The molecule has 0 spiro atoms. The number of hydrogen-bond donors (Lipinski definition) is 6. The number of benzene rings is 3. The molecule has 0 heterocycles. The van der Waals surface area contributed by atoms with Crippen molar-refractivity contribution >= 4 is 29.6 Å². The highest BCUT2D eigenvalue weighted by atomic mass is 32.2. The number of phenols is 1. The summed E-state index contributed by atoms with van der Waals surface area (Å²) >= 11 is 1.47. The molecule has 9 heteroatoms. The maximum Gasteiger partial charge on any atom is 0.239 e.